The normalized spacial score (nSPS) is 11.2. The van der Waals surface area contributed by atoms with Gasteiger partial charge < -0.3 is 5.32 Å². The Morgan fingerprint density at radius 1 is 1.06 bits per heavy atom. The number of carbonyl (C=O) groups is 1. The van der Waals surface area contributed by atoms with E-state index >= 15 is 0 Å². The quantitative estimate of drug-likeness (QED) is 0.516. The number of nitrogens with one attached hydrogen (secondary N) is 1. The monoisotopic (exact) mass is 461 g/mol. The number of nitrogens with zero attached hydrogens (tertiary/aromatic N) is 4. The number of halogens is 2. The van der Waals surface area contributed by atoms with Gasteiger partial charge in [0, 0.05) is 47.0 Å². The first-order valence-corrected chi connectivity index (χ1v) is 11.3. The molecular weight excluding hydrogens is 433 g/mol. The van der Waals surface area contributed by atoms with Crippen LogP contribution >= 0.6 is 23.2 Å². The number of rotatable bonds is 9. The molecule has 0 fully saturated rings. The van der Waals surface area contributed by atoms with Gasteiger partial charge in [-0.2, -0.15) is 10.2 Å². The van der Waals surface area contributed by atoms with E-state index in [1.807, 2.05) is 36.9 Å². The maximum absolute atomic E-state index is 12.3. The van der Waals surface area contributed by atoms with E-state index in [9.17, 15) is 4.79 Å². The summed E-state index contributed by atoms with van der Waals surface area (Å²) in [6.45, 7) is 7.35. The molecule has 2 aromatic heterocycles. The molecule has 0 saturated carbocycles. The highest BCUT2D eigenvalue weighted by Gasteiger charge is 2.17. The highest BCUT2D eigenvalue weighted by molar-refractivity contribution is 6.34. The van der Waals surface area contributed by atoms with Gasteiger partial charge in [0.1, 0.15) is 0 Å². The minimum absolute atomic E-state index is 0.0344. The molecule has 0 unspecified atom stereocenters. The predicted molar refractivity (Wildman–Crippen MR) is 125 cm³/mol. The van der Waals surface area contributed by atoms with Crippen LogP contribution in [0.2, 0.25) is 10.0 Å². The standard InChI is InChI=1S/C23H29Cl2N5O/c1-5-21-20(12-16-10-17(24)13-18(25)11-16)22(6-2)30(28-21)8-7-26-23(31)14-19-9-15(3)29(4)27-19/h9-11,13H,5-8,12,14H2,1-4H3,(H,26,31). The van der Waals surface area contributed by atoms with Crippen LogP contribution in [0.1, 0.15) is 47.8 Å². The van der Waals surface area contributed by atoms with Crippen molar-refractivity contribution in [3.63, 3.8) is 0 Å². The number of hydrogen-bond acceptors (Lipinski definition) is 3. The fraction of sp³-hybridized carbons (Fsp3) is 0.435. The number of carbonyl (C=O) groups excluding carboxylic acids is 1. The molecule has 2 heterocycles. The Balaban J connectivity index is 1.67. The van der Waals surface area contributed by atoms with E-state index in [-0.39, 0.29) is 12.3 Å². The Kier molecular flexibility index (Phi) is 7.79. The first-order valence-electron chi connectivity index (χ1n) is 10.6. The Morgan fingerprint density at radius 2 is 1.77 bits per heavy atom. The van der Waals surface area contributed by atoms with Crippen molar-refractivity contribution in [2.24, 2.45) is 7.05 Å². The molecule has 3 rings (SSSR count). The van der Waals surface area contributed by atoms with Crippen LogP contribution in [0.25, 0.3) is 0 Å². The summed E-state index contributed by atoms with van der Waals surface area (Å²) in [7, 11) is 1.88. The number of aromatic nitrogens is 4. The largest absolute Gasteiger partial charge is 0.354 e. The zero-order valence-corrected chi connectivity index (χ0v) is 20.0. The molecule has 0 atom stereocenters. The van der Waals surface area contributed by atoms with E-state index in [2.05, 4.69) is 24.3 Å². The van der Waals surface area contributed by atoms with E-state index in [0.717, 1.165) is 41.9 Å². The van der Waals surface area contributed by atoms with Crippen molar-refractivity contribution in [1.29, 1.82) is 0 Å². The number of amides is 1. The van der Waals surface area contributed by atoms with Crippen LogP contribution in [-0.4, -0.2) is 32.0 Å². The van der Waals surface area contributed by atoms with Gasteiger partial charge in [-0.05, 0) is 49.6 Å². The van der Waals surface area contributed by atoms with E-state index in [1.54, 1.807) is 10.7 Å². The van der Waals surface area contributed by atoms with Crippen LogP contribution in [0.4, 0.5) is 0 Å². The molecular formula is C23H29Cl2N5O. The Labute approximate surface area is 193 Å². The van der Waals surface area contributed by atoms with Gasteiger partial charge in [0.05, 0.1) is 24.4 Å². The molecule has 8 heteroatoms. The van der Waals surface area contributed by atoms with Crippen LogP contribution in [-0.2, 0) is 44.1 Å². The van der Waals surface area contributed by atoms with Crippen molar-refractivity contribution in [2.45, 2.75) is 53.0 Å². The molecule has 0 aliphatic heterocycles. The number of aryl methyl sites for hydroxylation is 3. The smallest absolute Gasteiger partial charge is 0.226 e. The van der Waals surface area contributed by atoms with Crippen molar-refractivity contribution in [3.05, 3.63) is 68.2 Å². The Morgan fingerprint density at radius 3 is 2.35 bits per heavy atom. The highest BCUT2D eigenvalue weighted by atomic mass is 35.5. The fourth-order valence-corrected chi connectivity index (χ4v) is 4.40. The number of benzene rings is 1. The van der Waals surface area contributed by atoms with Gasteiger partial charge in [-0.1, -0.05) is 37.0 Å². The Hall–Kier alpha value is -2.31. The summed E-state index contributed by atoms with van der Waals surface area (Å²) in [6.07, 6.45) is 2.72. The second-order valence-corrected chi connectivity index (χ2v) is 8.56. The van der Waals surface area contributed by atoms with Crippen LogP contribution in [0.5, 0.6) is 0 Å². The van der Waals surface area contributed by atoms with Gasteiger partial charge in [-0.25, -0.2) is 0 Å². The summed E-state index contributed by atoms with van der Waals surface area (Å²) >= 11 is 12.4. The van der Waals surface area contributed by atoms with Crippen molar-refractivity contribution in [2.75, 3.05) is 6.54 Å². The molecule has 166 valence electrons. The van der Waals surface area contributed by atoms with Crippen molar-refractivity contribution >= 4 is 29.1 Å². The summed E-state index contributed by atoms with van der Waals surface area (Å²) in [5.41, 5.74) is 6.36. The topological polar surface area (TPSA) is 64.7 Å². The lowest BCUT2D eigenvalue weighted by Gasteiger charge is -2.10. The molecule has 1 amide bonds. The van der Waals surface area contributed by atoms with Gasteiger partial charge in [-0.15, -0.1) is 0 Å². The number of hydrogen-bond donors (Lipinski definition) is 1. The van der Waals surface area contributed by atoms with Crippen molar-refractivity contribution in [3.8, 4) is 0 Å². The van der Waals surface area contributed by atoms with Crippen LogP contribution < -0.4 is 5.32 Å². The van der Waals surface area contributed by atoms with Crippen LogP contribution in [0.15, 0.2) is 24.3 Å². The lowest BCUT2D eigenvalue weighted by atomic mass is 10.0. The van der Waals surface area contributed by atoms with Crippen LogP contribution in [0, 0.1) is 6.92 Å². The molecule has 6 nitrogen and oxygen atoms in total. The zero-order chi connectivity index (χ0) is 22.5. The maximum atomic E-state index is 12.3. The summed E-state index contributed by atoms with van der Waals surface area (Å²) in [5.74, 6) is -0.0344. The molecule has 3 aromatic rings. The highest BCUT2D eigenvalue weighted by Crippen LogP contribution is 2.25. The summed E-state index contributed by atoms with van der Waals surface area (Å²) in [5, 5.41) is 13.4. The maximum Gasteiger partial charge on any atom is 0.226 e. The van der Waals surface area contributed by atoms with E-state index in [1.165, 1.54) is 11.3 Å². The summed E-state index contributed by atoms with van der Waals surface area (Å²) in [6, 6.07) is 7.57. The third-order valence-electron chi connectivity index (χ3n) is 5.37. The SMILES string of the molecule is CCc1nn(CCNC(=O)Cc2cc(C)n(C)n2)c(CC)c1Cc1cc(Cl)cc(Cl)c1. The van der Waals surface area contributed by atoms with Crippen molar-refractivity contribution < 1.29 is 4.79 Å². The molecule has 0 aliphatic carbocycles. The fourth-order valence-electron chi connectivity index (χ4n) is 3.82. The molecule has 0 aliphatic rings. The van der Waals surface area contributed by atoms with Gasteiger partial charge >= 0.3 is 0 Å². The lowest BCUT2D eigenvalue weighted by Crippen LogP contribution is -2.29. The van der Waals surface area contributed by atoms with Gasteiger partial charge in [0.15, 0.2) is 0 Å². The van der Waals surface area contributed by atoms with Crippen molar-refractivity contribution in [1.82, 2.24) is 24.9 Å². The van der Waals surface area contributed by atoms with E-state index in [4.69, 9.17) is 28.3 Å². The third kappa shape index (κ3) is 5.89. The first kappa shape index (κ1) is 23.4. The molecule has 0 bridgehead atoms. The molecule has 0 saturated heterocycles. The second kappa shape index (κ2) is 10.3. The van der Waals surface area contributed by atoms with Gasteiger partial charge in [-0.3, -0.25) is 14.2 Å². The van der Waals surface area contributed by atoms with Gasteiger partial charge in [0.2, 0.25) is 5.91 Å². The summed E-state index contributed by atoms with van der Waals surface area (Å²) < 4.78 is 3.80. The van der Waals surface area contributed by atoms with E-state index in [0.29, 0.717) is 23.1 Å². The first-order chi connectivity index (χ1) is 14.8. The second-order valence-electron chi connectivity index (χ2n) is 7.68. The average molecular weight is 462 g/mol. The third-order valence-corrected chi connectivity index (χ3v) is 5.81. The molecule has 0 radical (unpaired) electrons. The molecule has 1 aromatic carbocycles. The minimum Gasteiger partial charge on any atom is -0.354 e. The van der Waals surface area contributed by atoms with Crippen LogP contribution in [0.3, 0.4) is 0 Å². The molecule has 1 N–H and O–H groups in total. The average Bonchev–Trinajstić information content (AvgIpc) is 3.19. The molecule has 31 heavy (non-hydrogen) atoms. The minimum atomic E-state index is -0.0344. The van der Waals surface area contributed by atoms with Gasteiger partial charge in [0.25, 0.3) is 0 Å². The zero-order valence-electron chi connectivity index (χ0n) is 18.5. The predicted octanol–water partition coefficient (Wildman–Crippen LogP) is 4.31. The summed E-state index contributed by atoms with van der Waals surface area (Å²) in [4.78, 5) is 12.3. The Bertz CT molecular complexity index is 1030. The molecule has 0 spiro atoms. The lowest BCUT2D eigenvalue weighted by molar-refractivity contribution is -0.120. The van der Waals surface area contributed by atoms with E-state index < -0.39 is 0 Å².